The molecule has 0 spiro atoms. The predicted molar refractivity (Wildman–Crippen MR) is 57.8 cm³/mol. The zero-order valence-corrected chi connectivity index (χ0v) is 8.87. The number of carboxylic acids is 1. The van der Waals surface area contributed by atoms with Gasteiger partial charge < -0.3 is 10.1 Å². The smallest absolute Gasteiger partial charge is 0.352 e. The van der Waals surface area contributed by atoms with Gasteiger partial charge in [0.1, 0.15) is 5.69 Å². The Morgan fingerprint density at radius 2 is 2.19 bits per heavy atom. The van der Waals surface area contributed by atoms with E-state index in [-0.39, 0.29) is 22.7 Å². The molecule has 0 aliphatic rings. The molecule has 0 aliphatic carbocycles. The van der Waals surface area contributed by atoms with Crippen molar-refractivity contribution in [3.8, 4) is 0 Å². The van der Waals surface area contributed by atoms with E-state index < -0.39 is 5.97 Å². The molecule has 2 heterocycles. The quantitative estimate of drug-likeness (QED) is 0.706. The summed E-state index contributed by atoms with van der Waals surface area (Å²) < 4.78 is 0. The molecule has 84 valence electrons. The van der Waals surface area contributed by atoms with E-state index in [2.05, 4.69) is 15.2 Å². The van der Waals surface area contributed by atoms with Gasteiger partial charge in [0.05, 0.1) is 11.1 Å². The number of hydrogen-bond donors (Lipinski definition) is 3. The fourth-order valence-electron chi connectivity index (χ4n) is 1.60. The Morgan fingerprint density at radius 1 is 1.50 bits per heavy atom. The first-order valence-corrected chi connectivity index (χ1v) is 4.85. The first-order chi connectivity index (χ1) is 7.50. The van der Waals surface area contributed by atoms with Gasteiger partial charge in [-0.15, -0.1) is 0 Å². The molecule has 0 aliphatic heterocycles. The number of aromatic amines is 2. The second kappa shape index (κ2) is 3.48. The summed E-state index contributed by atoms with van der Waals surface area (Å²) in [6, 6.07) is 1.08. The van der Waals surface area contributed by atoms with Gasteiger partial charge in [-0.25, -0.2) is 4.79 Å². The van der Waals surface area contributed by atoms with Gasteiger partial charge in [-0.05, 0) is 5.92 Å². The molecule has 6 heteroatoms. The Kier molecular flexibility index (Phi) is 2.26. The van der Waals surface area contributed by atoms with Crippen LogP contribution in [0.1, 0.15) is 35.9 Å². The van der Waals surface area contributed by atoms with Crippen LogP contribution in [0.3, 0.4) is 0 Å². The average Bonchev–Trinajstić information content (AvgIpc) is 2.61. The molecule has 0 saturated carbocycles. The van der Waals surface area contributed by atoms with E-state index in [4.69, 9.17) is 5.11 Å². The summed E-state index contributed by atoms with van der Waals surface area (Å²) in [5.74, 6) is -1.05. The molecule has 3 N–H and O–H groups in total. The number of carboxylic acid groups (broad SMARTS) is 1. The maximum absolute atomic E-state index is 11.7. The van der Waals surface area contributed by atoms with E-state index in [1.54, 1.807) is 0 Å². The average molecular weight is 221 g/mol. The number of rotatable bonds is 2. The first-order valence-electron chi connectivity index (χ1n) is 4.85. The molecule has 0 saturated heterocycles. The van der Waals surface area contributed by atoms with Crippen LogP contribution in [0.2, 0.25) is 0 Å². The van der Waals surface area contributed by atoms with Crippen LogP contribution in [-0.4, -0.2) is 26.3 Å². The lowest BCUT2D eigenvalue weighted by Crippen LogP contribution is -2.10. The SMILES string of the molecule is CC(C)c1[nH]nc2[nH]c(C(=O)O)cc(=O)c12. The predicted octanol–water partition coefficient (Wildman–Crippen LogP) is 1.07. The minimum absolute atomic E-state index is 0.127. The van der Waals surface area contributed by atoms with Crippen molar-refractivity contribution in [1.29, 1.82) is 0 Å². The summed E-state index contributed by atoms with van der Waals surface area (Å²) in [4.78, 5) is 25.1. The zero-order valence-electron chi connectivity index (χ0n) is 8.87. The van der Waals surface area contributed by atoms with Crippen molar-refractivity contribution in [2.45, 2.75) is 19.8 Å². The Bertz CT molecular complexity index is 609. The van der Waals surface area contributed by atoms with Crippen molar-refractivity contribution in [2.24, 2.45) is 0 Å². The standard InChI is InChI=1S/C10H11N3O3/c1-4(2)8-7-6(14)3-5(10(15)16)11-9(7)13-12-8/h3-4H,1-2H3,(H,15,16)(H2,11,12,13,14). The Labute approximate surface area is 90.3 Å². The van der Waals surface area contributed by atoms with Crippen LogP contribution in [0.25, 0.3) is 11.0 Å². The number of carbonyl (C=O) groups is 1. The van der Waals surface area contributed by atoms with Gasteiger partial charge in [0, 0.05) is 6.07 Å². The second-order valence-corrected chi connectivity index (χ2v) is 3.87. The highest BCUT2D eigenvalue weighted by molar-refractivity contribution is 5.89. The number of aromatic nitrogens is 3. The van der Waals surface area contributed by atoms with E-state index in [1.807, 2.05) is 13.8 Å². The number of pyridine rings is 1. The Morgan fingerprint density at radius 3 is 2.75 bits per heavy atom. The molecular formula is C10H11N3O3. The minimum Gasteiger partial charge on any atom is -0.477 e. The lowest BCUT2D eigenvalue weighted by atomic mass is 10.1. The third-order valence-electron chi connectivity index (χ3n) is 2.38. The maximum Gasteiger partial charge on any atom is 0.352 e. The van der Waals surface area contributed by atoms with Crippen LogP contribution in [0, 0.1) is 0 Å². The van der Waals surface area contributed by atoms with E-state index in [1.165, 1.54) is 0 Å². The van der Waals surface area contributed by atoms with Crippen molar-refractivity contribution in [3.63, 3.8) is 0 Å². The highest BCUT2D eigenvalue weighted by Crippen LogP contribution is 2.18. The van der Waals surface area contributed by atoms with E-state index in [0.29, 0.717) is 11.1 Å². The zero-order chi connectivity index (χ0) is 11.9. The minimum atomic E-state index is -1.17. The van der Waals surface area contributed by atoms with Gasteiger partial charge in [0.2, 0.25) is 0 Å². The molecule has 0 amide bonds. The summed E-state index contributed by atoms with van der Waals surface area (Å²) >= 11 is 0. The molecule has 2 rings (SSSR count). The second-order valence-electron chi connectivity index (χ2n) is 3.87. The van der Waals surface area contributed by atoms with Crippen LogP contribution in [0.15, 0.2) is 10.9 Å². The van der Waals surface area contributed by atoms with Crippen molar-refractivity contribution in [3.05, 3.63) is 27.7 Å². The maximum atomic E-state index is 11.7. The van der Waals surface area contributed by atoms with E-state index >= 15 is 0 Å². The molecule has 0 bridgehead atoms. The van der Waals surface area contributed by atoms with Crippen LogP contribution in [0.4, 0.5) is 0 Å². The highest BCUT2D eigenvalue weighted by atomic mass is 16.4. The van der Waals surface area contributed by atoms with Gasteiger partial charge >= 0.3 is 5.97 Å². The molecule has 2 aromatic rings. The van der Waals surface area contributed by atoms with Gasteiger partial charge in [0.25, 0.3) is 0 Å². The number of nitrogens with one attached hydrogen (secondary N) is 2. The summed E-state index contributed by atoms with van der Waals surface area (Å²) in [7, 11) is 0. The van der Waals surface area contributed by atoms with Crippen LogP contribution >= 0.6 is 0 Å². The molecule has 2 aromatic heterocycles. The first kappa shape index (κ1) is 10.4. The third kappa shape index (κ3) is 1.48. The van der Waals surface area contributed by atoms with Gasteiger partial charge in [-0.3, -0.25) is 9.89 Å². The molecule has 0 atom stereocenters. The molecule has 0 aromatic carbocycles. The highest BCUT2D eigenvalue weighted by Gasteiger charge is 2.15. The molecule has 6 nitrogen and oxygen atoms in total. The van der Waals surface area contributed by atoms with E-state index in [9.17, 15) is 9.59 Å². The number of fused-ring (bicyclic) bond motifs is 1. The summed E-state index contributed by atoms with van der Waals surface area (Å²) in [6.45, 7) is 3.86. The molecule has 0 fully saturated rings. The van der Waals surface area contributed by atoms with Gasteiger partial charge in [0.15, 0.2) is 11.1 Å². The number of hydrogen-bond acceptors (Lipinski definition) is 3. The summed E-state index contributed by atoms with van der Waals surface area (Å²) in [5, 5.41) is 15.9. The fraction of sp³-hybridized carbons (Fsp3) is 0.300. The van der Waals surface area contributed by atoms with Crippen molar-refractivity contribution in [2.75, 3.05) is 0 Å². The molecule has 16 heavy (non-hydrogen) atoms. The van der Waals surface area contributed by atoms with Gasteiger partial charge in [-0.2, -0.15) is 5.10 Å². The van der Waals surface area contributed by atoms with Crippen LogP contribution in [-0.2, 0) is 0 Å². The van der Waals surface area contributed by atoms with Crippen molar-refractivity contribution < 1.29 is 9.90 Å². The van der Waals surface area contributed by atoms with Crippen molar-refractivity contribution in [1.82, 2.24) is 15.2 Å². The number of H-pyrrole nitrogens is 2. The Balaban J connectivity index is 2.79. The lowest BCUT2D eigenvalue weighted by molar-refractivity contribution is 0.0691. The lowest BCUT2D eigenvalue weighted by Gasteiger charge is -2.00. The summed E-state index contributed by atoms with van der Waals surface area (Å²) in [5.41, 5.74) is 0.518. The van der Waals surface area contributed by atoms with Crippen LogP contribution in [0.5, 0.6) is 0 Å². The van der Waals surface area contributed by atoms with Crippen molar-refractivity contribution >= 4 is 17.0 Å². The molecule has 0 radical (unpaired) electrons. The third-order valence-corrected chi connectivity index (χ3v) is 2.38. The normalized spacial score (nSPS) is 11.2. The number of aromatic carboxylic acids is 1. The summed E-state index contributed by atoms with van der Waals surface area (Å²) in [6.07, 6.45) is 0. The number of nitrogens with zero attached hydrogens (tertiary/aromatic N) is 1. The Hall–Kier alpha value is -2.11. The van der Waals surface area contributed by atoms with E-state index in [0.717, 1.165) is 6.07 Å². The van der Waals surface area contributed by atoms with Gasteiger partial charge in [-0.1, -0.05) is 13.8 Å². The largest absolute Gasteiger partial charge is 0.477 e. The monoisotopic (exact) mass is 221 g/mol. The molecule has 0 unspecified atom stereocenters. The topological polar surface area (TPSA) is 98.8 Å². The van der Waals surface area contributed by atoms with Crippen LogP contribution < -0.4 is 5.43 Å². The molecular weight excluding hydrogens is 210 g/mol. The fourth-order valence-corrected chi connectivity index (χ4v) is 1.60.